The molecular weight excluding hydrogens is 454 g/mol. The Morgan fingerprint density at radius 2 is 1.88 bits per heavy atom. The molecule has 1 saturated heterocycles. The fourth-order valence-electron chi connectivity index (χ4n) is 3.85. The number of nitrogens with one attached hydrogen (secondary N) is 1. The molecule has 0 atom stereocenters. The Hall–Kier alpha value is -3.96. The minimum Gasteiger partial charge on any atom is -0.439 e. The molecule has 172 valence electrons. The predicted octanol–water partition coefficient (Wildman–Crippen LogP) is 1.97. The molecule has 0 bridgehead atoms. The number of benzene rings is 1. The van der Waals surface area contributed by atoms with E-state index in [1.165, 1.54) is 23.7 Å². The van der Waals surface area contributed by atoms with Crippen LogP contribution in [0.25, 0.3) is 21.7 Å². The molecule has 4 aromatic rings. The molecule has 1 aliphatic rings. The van der Waals surface area contributed by atoms with E-state index in [0.29, 0.717) is 27.3 Å². The molecule has 11 heteroatoms. The molecule has 1 aliphatic heterocycles. The molecule has 4 heterocycles. The van der Waals surface area contributed by atoms with Crippen molar-refractivity contribution in [2.45, 2.75) is 0 Å². The summed E-state index contributed by atoms with van der Waals surface area (Å²) in [5, 5.41) is 10.3. The van der Waals surface area contributed by atoms with Gasteiger partial charge in [-0.05, 0) is 13.1 Å². The highest BCUT2D eigenvalue weighted by molar-refractivity contribution is 7.17. The second-order valence-electron chi connectivity index (χ2n) is 7.96. The van der Waals surface area contributed by atoms with E-state index >= 15 is 0 Å². The van der Waals surface area contributed by atoms with E-state index in [-0.39, 0.29) is 28.4 Å². The normalized spacial score (nSPS) is 14.4. The Morgan fingerprint density at radius 3 is 2.62 bits per heavy atom. The first-order valence-corrected chi connectivity index (χ1v) is 11.5. The molecule has 3 N–H and O–H groups in total. The summed E-state index contributed by atoms with van der Waals surface area (Å²) in [6.07, 6.45) is 1.30. The van der Waals surface area contributed by atoms with Crippen LogP contribution in [0.3, 0.4) is 0 Å². The Labute approximate surface area is 198 Å². The van der Waals surface area contributed by atoms with Crippen LogP contribution in [0.4, 0.5) is 5.88 Å². The zero-order valence-corrected chi connectivity index (χ0v) is 19.1. The minimum absolute atomic E-state index is 0.0582. The average Bonchev–Trinajstić information content (AvgIpc) is 3.29. The molecule has 1 fully saturated rings. The van der Waals surface area contributed by atoms with Crippen molar-refractivity contribution >= 4 is 39.1 Å². The maximum Gasteiger partial charge on any atom is 0.249 e. The standard InChI is InChI=1S/C23H21N7O3S/c1-29-6-8-30(9-7-29)17-10-16(31)20-19(33-17)15(11-34-20)22-26-12-27-23(28-22)18(24)13-4-2-3-5-14(13)21(25)32/h2-5,10-12,24H,6-9H2,1H3,(H2,25,32). The average molecular weight is 476 g/mol. The van der Waals surface area contributed by atoms with E-state index in [2.05, 4.69) is 31.8 Å². The number of likely N-dealkylation sites (N-methyl/N-ethyl adjacent to an activating group) is 1. The number of fused-ring (bicyclic) bond motifs is 1. The van der Waals surface area contributed by atoms with E-state index < -0.39 is 5.91 Å². The van der Waals surface area contributed by atoms with Crippen molar-refractivity contribution in [3.05, 3.63) is 69.2 Å². The maximum atomic E-state index is 12.8. The minimum atomic E-state index is -0.642. The third kappa shape index (κ3) is 3.95. The second kappa shape index (κ2) is 8.76. The molecule has 1 amide bonds. The van der Waals surface area contributed by atoms with Gasteiger partial charge in [-0.2, -0.15) is 0 Å². The highest BCUT2D eigenvalue weighted by Gasteiger charge is 2.22. The molecular formula is C23H21N7O3S. The van der Waals surface area contributed by atoms with Crippen molar-refractivity contribution < 1.29 is 9.21 Å². The van der Waals surface area contributed by atoms with Crippen LogP contribution in [0.15, 0.2) is 51.3 Å². The van der Waals surface area contributed by atoms with Gasteiger partial charge < -0.3 is 20.0 Å². The number of aromatic nitrogens is 3. The predicted molar refractivity (Wildman–Crippen MR) is 130 cm³/mol. The zero-order valence-electron chi connectivity index (χ0n) is 18.3. The first kappa shape index (κ1) is 21.9. The van der Waals surface area contributed by atoms with Crippen molar-refractivity contribution in [3.63, 3.8) is 0 Å². The number of nitrogens with zero attached hydrogens (tertiary/aromatic N) is 5. The molecule has 0 aliphatic carbocycles. The topological polar surface area (TPSA) is 142 Å². The lowest BCUT2D eigenvalue weighted by atomic mass is 10.0. The highest BCUT2D eigenvalue weighted by atomic mass is 32.1. The molecule has 1 aromatic carbocycles. The number of anilines is 1. The quantitative estimate of drug-likeness (QED) is 0.417. The first-order valence-electron chi connectivity index (χ1n) is 10.6. The van der Waals surface area contributed by atoms with Gasteiger partial charge in [0.2, 0.25) is 11.3 Å². The number of rotatable bonds is 5. The maximum absolute atomic E-state index is 12.8. The van der Waals surface area contributed by atoms with Gasteiger partial charge in [-0.3, -0.25) is 15.0 Å². The summed E-state index contributed by atoms with van der Waals surface area (Å²) in [5.41, 5.74) is 6.77. The van der Waals surface area contributed by atoms with Gasteiger partial charge in [0, 0.05) is 48.8 Å². The number of primary amides is 1. The zero-order chi connectivity index (χ0) is 23.8. The van der Waals surface area contributed by atoms with Crippen molar-refractivity contribution in [2.75, 3.05) is 38.1 Å². The van der Waals surface area contributed by atoms with Crippen LogP contribution in [0.5, 0.6) is 0 Å². The Morgan fingerprint density at radius 1 is 1.15 bits per heavy atom. The van der Waals surface area contributed by atoms with Crippen LogP contribution in [-0.2, 0) is 0 Å². The van der Waals surface area contributed by atoms with Gasteiger partial charge >= 0.3 is 0 Å². The second-order valence-corrected chi connectivity index (χ2v) is 8.84. The number of amides is 1. The first-order chi connectivity index (χ1) is 16.4. The number of piperazine rings is 1. The van der Waals surface area contributed by atoms with Crippen molar-refractivity contribution in [2.24, 2.45) is 5.73 Å². The summed E-state index contributed by atoms with van der Waals surface area (Å²) >= 11 is 1.26. The van der Waals surface area contributed by atoms with Crippen LogP contribution in [-0.4, -0.2) is 64.7 Å². The fraction of sp³-hybridized carbons (Fsp3) is 0.217. The van der Waals surface area contributed by atoms with Gasteiger partial charge in [-0.25, -0.2) is 15.0 Å². The fourth-order valence-corrected chi connectivity index (χ4v) is 4.73. The monoisotopic (exact) mass is 475 g/mol. The van der Waals surface area contributed by atoms with Crippen molar-refractivity contribution in [1.82, 2.24) is 19.9 Å². The molecule has 5 rings (SSSR count). The number of carbonyl (C=O) groups excluding carboxylic acids is 1. The van der Waals surface area contributed by atoms with Crippen LogP contribution in [0.1, 0.15) is 21.7 Å². The molecule has 3 aromatic heterocycles. The van der Waals surface area contributed by atoms with E-state index in [9.17, 15) is 9.59 Å². The Bertz CT molecular complexity index is 1470. The van der Waals surface area contributed by atoms with E-state index in [4.69, 9.17) is 15.6 Å². The summed E-state index contributed by atoms with van der Waals surface area (Å²) in [6.45, 7) is 3.28. The van der Waals surface area contributed by atoms with Gasteiger partial charge in [0.25, 0.3) is 0 Å². The van der Waals surface area contributed by atoms with Crippen LogP contribution >= 0.6 is 11.3 Å². The Kier molecular flexibility index (Phi) is 5.64. The summed E-state index contributed by atoms with van der Waals surface area (Å²) in [5.74, 6) is 0.228. The highest BCUT2D eigenvalue weighted by Crippen LogP contribution is 2.33. The summed E-state index contributed by atoms with van der Waals surface area (Å²) in [7, 11) is 2.06. The van der Waals surface area contributed by atoms with Crippen molar-refractivity contribution in [3.8, 4) is 11.4 Å². The molecule has 10 nitrogen and oxygen atoms in total. The summed E-state index contributed by atoms with van der Waals surface area (Å²) < 4.78 is 6.66. The van der Waals surface area contributed by atoms with Gasteiger partial charge in [-0.1, -0.05) is 18.2 Å². The van der Waals surface area contributed by atoms with Crippen LogP contribution in [0.2, 0.25) is 0 Å². The lowest BCUT2D eigenvalue weighted by Crippen LogP contribution is -2.44. The van der Waals surface area contributed by atoms with Gasteiger partial charge in [0.1, 0.15) is 16.7 Å². The van der Waals surface area contributed by atoms with Gasteiger partial charge in [0.05, 0.1) is 5.56 Å². The summed E-state index contributed by atoms with van der Waals surface area (Å²) in [6, 6.07) is 8.08. The van der Waals surface area contributed by atoms with Gasteiger partial charge in [-0.15, -0.1) is 11.3 Å². The molecule has 0 spiro atoms. The molecule has 0 unspecified atom stereocenters. The summed E-state index contributed by atoms with van der Waals surface area (Å²) in [4.78, 5) is 41.7. The van der Waals surface area contributed by atoms with Crippen LogP contribution < -0.4 is 16.1 Å². The number of hydrogen-bond acceptors (Lipinski definition) is 10. The molecule has 34 heavy (non-hydrogen) atoms. The number of carbonyl (C=O) groups is 1. The largest absolute Gasteiger partial charge is 0.439 e. The van der Waals surface area contributed by atoms with E-state index in [0.717, 1.165) is 26.2 Å². The third-order valence-electron chi connectivity index (χ3n) is 5.74. The number of nitrogens with two attached hydrogens (primary N) is 1. The van der Waals surface area contributed by atoms with Gasteiger partial charge in [0.15, 0.2) is 23.1 Å². The molecule has 0 saturated carbocycles. The Balaban J connectivity index is 1.55. The SMILES string of the molecule is CN1CCN(c2cc(=O)c3scc(-c4ncnc(C(=N)c5ccccc5C(N)=O)n4)c3o2)CC1. The third-order valence-corrected chi connectivity index (χ3v) is 6.72. The van der Waals surface area contributed by atoms with Crippen molar-refractivity contribution in [1.29, 1.82) is 5.41 Å². The lowest BCUT2D eigenvalue weighted by Gasteiger charge is -2.32. The van der Waals surface area contributed by atoms with Crippen LogP contribution in [0, 0.1) is 5.41 Å². The van der Waals surface area contributed by atoms with E-state index in [1.807, 2.05) is 0 Å². The lowest BCUT2D eigenvalue weighted by molar-refractivity contribution is 0.1000. The smallest absolute Gasteiger partial charge is 0.249 e. The molecule has 0 radical (unpaired) electrons. The number of thiophene rings is 1. The number of hydrogen-bond donors (Lipinski definition) is 2. The van der Waals surface area contributed by atoms with E-state index in [1.54, 1.807) is 29.6 Å².